The van der Waals surface area contributed by atoms with Gasteiger partial charge in [0.05, 0.1) is 6.54 Å². The largest absolute Gasteiger partial charge is 0.336 e. The number of benzene rings is 1. The lowest BCUT2D eigenvalue weighted by atomic mass is 10.2. The molecule has 100 valence electrons. The third kappa shape index (κ3) is 4.64. The van der Waals surface area contributed by atoms with E-state index in [-0.39, 0.29) is 12.5 Å². The molecule has 0 bridgehead atoms. The van der Waals surface area contributed by atoms with Crippen LogP contribution in [0, 0.1) is 0 Å². The second-order valence-electron chi connectivity index (χ2n) is 4.41. The predicted octanol–water partition coefficient (Wildman–Crippen LogP) is 1.19. The fourth-order valence-corrected chi connectivity index (χ4v) is 1.77. The number of hydrogen-bond acceptors (Lipinski definition) is 3. The lowest BCUT2D eigenvalue weighted by Crippen LogP contribution is -2.39. The lowest BCUT2D eigenvalue weighted by Gasteiger charge is -2.24. The number of nitrogens with zero attached hydrogens (tertiary/aromatic N) is 2. The van der Waals surface area contributed by atoms with E-state index in [1.807, 2.05) is 43.3 Å². The maximum atomic E-state index is 11.8. The van der Waals surface area contributed by atoms with Gasteiger partial charge in [0.1, 0.15) is 0 Å². The second kappa shape index (κ2) is 7.36. The summed E-state index contributed by atoms with van der Waals surface area (Å²) in [6, 6.07) is 7.54. The van der Waals surface area contributed by atoms with Crippen LogP contribution in [0.5, 0.6) is 0 Å². The molecule has 0 saturated heterocycles. The van der Waals surface area contributed by atoms with Crippen LogP contribution in [0.25, 0.3) is 0 Å². The summed E-state index contributed by atoms with van der Waals surface area (Å²) in [7, 11) is 3.95. The first-order chi connectivity index (χ1) is 8.54. The Labute approximate surface area is 113 Å². The maximum Gasteiger partial charge on any atom is 0.236 e. The molecule has 0 aliphatic carbocycles. The summed E-state index contributed by atoms with van der Waals surface area (Å²) in [5.41, 5.74) is 6.38. The van der Waals surface area contributed by atoms with Gasteiger partial charge in [-0.2, -0.15) is 0 Å². The molecule has 5 heteroatoms. The monoisotopic (exact) mass is 269 g/mol. The molecular formula is C13H20ClN3O. The van der Waals surface area contributed by atoms with Crippen LogP contribution in [0.1, 0.15) is 5.56 Å². The number of nitrogens with two attached hydrogens (primary N) is 1. The number of rotatable bonds is 6. The number of carbonyl (C=O) groups excluding carboxylic acids is 1. The minimum atomic E-state index is -0.0585. The minimum Gasteiger partial charge on any atom is -0.336 e. The van der Waals surface area contributed by atoms with Crippen molar-refractivity contribution in [3.8, 4) is 0 Å². The standard InChI is InChI=1S/C13H20ClN3O/c1-16(2)7-8-17(13(18)9-15)10-11-5-3-4-6-12(11)14/h3-6H,7-10,15H2,1-2H3. The number of hydrogen-bond donors (Lipinski definition) is 1. The van der Waals surface area contributed by atoms with Crippen LogP contribution < -0.4 is 5.73 Å². The van der Waals surface area contributed by atoms with E-state index in [1.165, 1.54) is 0 Å². The highest BCUT2D eigenvalue weighted by Gasteiger charge is 2.13. The van der Waals surface area contributed by atoms with Crippen LogP contribution in [-0.4, -0.2) is 49.4 Å². The van der Waals surface area contributed by atoms with Gasteiger partial charge in [0.15, 0.2) is 0 Å². The van der Waals surface area contributed by atoms with E-state index in [1.54, 1.807) is 4.90 Å². The third-order valence-corrected chi connectivity index (χ3v) is 3.03. The van der Waals surface area contributed by atoms with Crippen LogP contribution in [0.15, 0.2) is 24.3 Å². The number of likely N-dealkylation sites (N-methyl/N-ethyl adjacent to an activating group) is 1. The quantitative estimate of drug-likeness (QED) is 0.844. The predicted molar refractivity (Wildman–Crippen MR) is 74.5 cm³/mol. The van der Waals surface area contributed by atoms with E-state index in [0.29, 0.717) is 18.1 Å². The zero-order valence-electron chi connectivity index (χ0n) is 10.9. The van der Waals surface area contributed by atoms with Crippen molar-refractivity contribution in [3.63, 3.8) is 0 Å². The van der Waals surface area contributed by atoms with Gasteiger partial charge in [-0.15, -0.1) is 0 Å². The zero-order valence-corrected chi connectivity index (χ0v) is 11.7. The van der Waals surface area contributed by atoms with E-state index >= 15 is 0 Å². The molecule has 0 aromatic heterocycles. The van der Waals surface area contributed by atoms with Gasteiger partial charge in [0, 0.05) is 24.7 Å². The topological polar surface area (TPSA) is 49.6 Å². The molecule has 0 unspecified atom stereocenters. The summed E-state index contributed by atoms with van der Waals surface area (Å²) >= 11 is 6.10. The molecule has 0 heterocycles. The molecule has 2 N–H and O–H groups in total. The van der Waals surface area contributed by atoms with E-state index in [9.17, 15) is 4.79 Å². The van der Waals surface area contributed by atoms with Gasteiger partial charge in [-0.3, -0.25) is 4.79 Å². The van der Waals surface area contributed by atoms with Crippen LogP contribution in [0.2, 0.25) is 5.02 Å². The van der Waals surface area contributed by atoms with Gasteiger partial charge in [0.25, 0.3) is 0 Å². The summed E-state index contributed by atoms with van der Waals surface area (Å²) in [5, 5.41) is 0.678. The molecule has 0 aliphatic rings. The molecular weight excluding hydrogens is 250 g/mol. The molecule has 0 radical (unpaired) electrons. The van der Waals surface area contributed by atoms with E-state index in [0.717, 1.165) is 12.1 Å². The Kier molecular flexibility index (Phi) is 6.12. The fourth-order valence-electron chi connectivity index (χ4n) is 1.57. The first-order valence-electron chi connectivity index (χ1n) is 5.90. The molecule has 18 heavy (non-hydrogen) atoms. The smallest absolute Gasteiger partial charge is 0.236 e. The third-order valence-electron chi connectivity index (χ3n) is 2.66. The van der Waals surface area contributed by atoms with Crippen molar-refractivity contribution in [2.24, 2.45) is 5.73 Å². The molecule has 0 saturated carbocycles. The number of carbonyl (C=O) groups is 1. The first-order valence-corrected chi connectivity index (χ1v) is 6.28. The average Bonchev–Trinajstić information content (AvgIpc) is 2.35. The van der Waals surface area contributed by atoms with Gasteiger partial charge in [0.2, 0.25) is 5.91 Å². The Bertz CT molecular complexity index is 396. The Morgan fingerprint density at radius 2 is 1.94 bits per heavy atom. The molecule has 4 nitrogen and oxygen atoms in total. The highest BCUT2D eigenvalue weighted by molar-refractivity contribution is 6.31. The van der Waals surface area contributed by atoms with Gasteiger partial charge >= 0.3 is 0 Å². The molecule has 1 aromatic rings. The van der Waals surface area contributed by atoms with E-state index in [4.69, 9.17) is 17.3 Å². The highest BCUT2D eigenvalue weighted by atomic mass is 35.5. The SMILES string of the molecule is CN(C)CCN(Cc1ccccc1Cl)C(=O)CN. The van der Waals surface area contributed by atoms with Gasteiger partial charge in [-0.25, -0.2) is 0 Å². The second-order valence-corrected chi connectivity index (χ2v) is 4.82. The highest BCUT2D eigenvalue weighted by Crippen LogP contribution is 2.16. The Morgan fingerprint density at radius 3 is 2.50 bits per heavy atom. The molecule has 1 amide bonds. The van der Waals surface area contributed by atoms with Crippen molar-refractivity contribution >= 4 is 17.5 Å². The van der Waals surface area contributed by atoms with E-state index in [2.05, 4.69) is 0 Å². The van der Waals surface area contributed by atoms with Crippen molar-refractivity contribution in [2.75, 3.05) is 33.7 Å². The van der Waals surface area contributed by atoms with Crippen LogP contribution in [0.4, 0.5) is 0 Å². The molecule has 0 fully saturated rings. The summed E-state index contributed by atoms with van der Waals surface area (Å²) in [6.45, 7) is 1.98. The summed E-state index contributed by atoms with van der Waals surface area (Å²) < 4.78 is 0. The van der Waals surface area contributed by atoms with Crippen molar-refractivity contribution in [1.29, 1.82) is 0 Å². The molecule has 1 rings (SSSR count). The summed E-state index contributed by atoms with van der Waals surface area (Å²) in [6.07, 6.45) is 0. The Balaban J connectivity index is 2.72. The van der Waals surface area contributed by atoms with Gasteiger partial charge < -0.3 is 15.5 Å². The zero-order chi connectivity index (χ0) is 13.5. The average molecular weight is 270 g/mol. The lowest BCUT2D eigenvalue weighted by molar-refractivity contribution is -0.130. The summed E-state index contributed by atoms with van der Waals surface area (Å²) in [4.78, 5) is 15.5. The van der Waals surface area contributed by atoms with Gasteiger partial charge in [-0.05, 0) is 25.7 Å². The van der Waals surface area contributed by atoms with Crippen molar-refractivity contribution in [2.45, 2.75) is 6.54 Å². The van der Waals surface area contributed by atoms with Gasteiger partial charge in [-0.1, -0.05) is 29.8 Å². The van der Waals surface area contributed by atoms with Crippen LogP contribution >= 0.6 is 11.6 Å². The Morgan fingerprint density at radius 1 is 1.28 bits per heavy atom. The minimum absolute atomic E-state index is 0.0257. The molecule has 0 aliphatic heterocycles. The molecule has 1 aromatic carbocycles. The Hall–Kier alpha value is -1.10. The normalized spacial score (nSPS) is 10.7. The van der Waals surface area contributed by atoms with Crippen LogP contribution in [-0.2, 0) is 11.3 Å². The summed E-state index contributed by atoms with van der Waals surface area (Å²) in [5.74, 6) is -0.0585. The molecule has 0 spiro atoms. The fraction of sp³-hybridized carbons (Fsp3) is 0.462. The van der Waals surface area contributed by atoms with E-state index < -0.39 is 0 Å². The maximum absolute atomic E-state index is 11.8. The number of halogens is 1. The van der Waals surface area contributed by atoms with Crippen molar-refractivity contribution < 1.29 is 4.79 Å². The van der Waals surface area contributed by atoms with Crippen molar-refractivity contribution in [1.82, 2.24) is 9.80 Å². The molecule has 0 atom stereocenters. The van der Waals surface area contributed by atoms with Crippen LogP contribution in [0.3, 0.4) is 0 Å². The number of amides is 1. The first kappa shape index (κ1) is 15.0. The van der Waals surface area contributed by atoms with Crippen molar-refractivity contribution in [3.05, 3.63) is 34.9 Å².